The quantitative estimate of drug-likeness (QED) is 0.600. The summed E-state index contributed by atoms with van der Waals surface area (Å²) in [6, 6.07) is 15.1. The number of oxazole rings is 1. The van der Waals surface area contributed by atoms with Gasteiger partial charge in [-0.1, -0.05) is 30.3 Å². The van der Waals surface area contributed by atoms with Crippen LogP contribution in [0.3, 0.4) is 0 Å². The minimum atomic E-state index is -0.641. The van der Waals surface area contributed by atoms with Crippen molar-refractivity contribution in [3.05, 3.63) is 58.6 Å². The van der Waals surface area contributed by atoms with Gasteiger partial charge in [0.1, 0.15) is 12.1 Å². The molecule has 2 atom stereocenters. The van der Waals surface area contributed by atoms with Crippen molar-refractivity contribution in [1.29, 1.82) is 5.26 Å². The first-order valence-electron chi connectivity index (χ1n) is 11.2. The van der Waals surface area contributed by atoms with Gasteiger partial charge in [0.15, 0.2) is 5.58 Å². The number of carbonyl (C=O) groups excluding carboxylic acids is 1. The minimum Gasteiger partial charge on any atom is -0.408 e. The number of nitrogens with zero attached hydrogens (tertiary/aromatic N) is 2. The van der Waals surface area contributed by atoms with E-state index in [-0.39, 0.29) is 17.7 Å². The lowest BCUT2D eigenvalue weighted by molar-refractivity contribution is -0.132. The fourth-order valence-corrected chi connectivity index (χ4v) is 4.05. The summed E-state index contributed by atoms with van der Waals surface area (Å²) < 4.78 is 12.5. The van der Waals surface area contributed by atoms with Gasteiger partial charge in [-0.3, -0.25) is 9.36 Å². The number of nitriles is 1. The summed E-state index contributed by atoms with van der Waals surface area (Å²) in [6.07, 6.45) is 0.684. The molecule has 0 saturated carbocycles. The Labute approximate surface area is 192 Å². The molecule has 2 heterocycles. The Balaban J connectivity index is 1.46. The number of amides is 1. The van der Waals surface area contributed by atoms with Gasteiger partial charge in [0.2, 0.25) is 0 Å². The average molecular weight is 449 g/mol. The monoisotopic (exact) mass is 448 g/mol. The number of hydrogen-bond donors (Lipinski definition) is 2. The largest absolute Gasteiger partial charge is 0.420 e. The zero-order chi connectivity index (χ0) is 23.4. The van der Waals surface area contributed by atoms with E-state index in [2.05, 4.69) is 16.7 Å². The summed E-state index contributed by atoms with van der Waals surface area (Å²) in [5.41, 5.74) is 4.22. The molecule has 2 aromatic carbocycles. The number of fused-ring (bicyclic) bond motifs is 1. The van der Waals surface area contributed by atoms with Crippen molar-refractivity contribution in [3.63, 3.8) is 0 Å². The van der Waals surface area contributed by atoms with Crippen molar-refractivity contribution in [2.75, 3.05) is 19.7 Å². The molecule has 8 nitrogen and oxygen atoms in total. The standard InChI is InChI=1S/C25H28N4O4/c1-16(2)29-21-13-19(8-9-22(21)33-25(29)31)18-6-4-17(5-7-18)12-20(14-26)28-24(30)23-15-27-10-3-11-32-23/h4-9,13,16,20,23,27H,3,10-12,15H2,1-2H3,(H,28,30)/t20-,23-/m0/s1. The molecule has 33 heavy (non-hydrogen) atoms. The van der Waals surface area contributed by atoms with Gasteiger partial charge in [-0.2, -0.15) is 5.26 Å². The molecule has 1 aromatic heterocycles. The van der Waals surface area contributed by atoms with Gasteiger partial charge in [0.05, 0.1) is 11.6 Å². The molecule has 3 aromatic rings. The first-order chi connectivity index (χ1) is 16.0. The number of rotatable bonds is 6. The third kappa shape index (κ3) is 5.16. The number of carbonyl (C=O) groups is 1. The molecular formula is C25H28N4O4. The molecule has 0 unspecified atom stereocenters. The van der Waals surface area contributed by atoms with Crippen molar-refractivity contribution < 1.29 is 13.9 Å². The van der Waals surface area contributed by atoms with Crippen LogP contribution >= 0.6 is 0 Å². The molecule has 0 radical (unpaired) electrons. The highest BCUT2D eigenvalue weighted by Crippen LogP contribution is 2.26. The van der Waals surface area contributed by atoms with E-state index < -0.39 is 12.1 Å². The summed E-state index contributed by atoms with van der Waals surface area (Å²) >= 11 is 0. The third-order valence-corrected chi connectivity index (χ3v) is 5.77. The fraction of sp³-hybridized carbons (Fsp3) is 0.400. The molecule has 2 N–H and O–H groups in total. The molecule has 4 rings (SSSR count). The highest BCUT2D eigenvalue weighted by molar-refractivity contribution is 5.82. The molecule has 0 bridgehead atoms. The maximum Gasteiger partial charge on any atom is 0.420 e. The average Bonchev–Trinajstić information content (AvgIpc) is 2.96. The van der Waals surface area contributed by atoms with Crippen molar-refractivity contribution >= 4 is 17.0 Å². The van der Waals surface area contributed by atoms with Crippen LogP contribution in [0, 0.1) is 11.3 Å². The van der Waals surface area contributed by atoms with Gasteiger partial charge in [-0.05, 0) is 55.6 Å². The van der Waals surface area contributed by atoms with Crippen molar-refractivity contribution in [1.82, 2.24) is 15.2 Å². The van der Waals surface area contributed by atoms with Gasteiger partial charge >= 0.3 is 5.76 Å². The number of aromatic nitrogens is 1. The molecular weight excluding hydrogens is 420 g/mol. The first-order valence-corrected chi connectivity index (χ1v) is 11.2. The molecule has 0 spiro atoms. The molecule has 1 fully saturated rings. The topological polar surface area (TPSA) is 109 Å². The maximum absolute atomic E-state index is 12.5. The van der Waals surface area contributed by atoms with Crippen LogP contribution in [0.4, 0.5) is 0 Å². The van der Waals surface area contributed by atoms with Gasteiger partial charge < -0.3 is 19.8 Å². The predicted molar refractivity (Wildman–Crippen MR) is 125 cm³/mol. The fourth-order valence-electron chi connectivity index (χ4n) is 4.05. The van der Waals surface area contributed by atoms with Gasteiger partial charge in [0, 0.05) is 25.6 Å². The maximum atomic E-state index is 12.5. The van der Waals surface area contributed by atoms with Gasteiger partial charge in [-0.25, -0.2) is 4.79 Å². The van der Waals surface area contributed by atoms with Gasteiger partial charge in [0.25, 0.3) is 5.91 Å². The smallest absolute Gasteiger partial charge is 0.408 e. The molecule has 172 valence electrons. The molecule has 1 amide bonds. The third-order valence-electron chi connectivity index (χ3n) is 5.77. The van der Waals surface area contributed by atoms with E-state index >= 15 is 0 Å². The van der Waals surface area contributed by atoms with Crippen LogP contribution in [0.15, 0.2) is 51.7 Å². The predicted octanol–water partition coefficient (Wildman–Crippen LogP) is 2.77. The Morgan fingerprint density at radius 3 is 2.73 bits per heavy atom. The Hall–Kier alpha value is -3.41. The van der Waals surface area contributed by atoms with E-state index in [0.717, 1.165) is 35.2 Å². The number of nitrogens with one attached hydrogen (secondary N) is 2. The second kappa shape index (κ2) is 10.0. The second-order valence-corrected chi connectivity index (χ2v) is 8.52. The van der Waals surface area contributed by atoms with E-state index in [1.54, 1.807) is 4.57 Å². The Bertz CT molecular complexity index is 1210. The van der Waals surface area contributed by atoms with E-state index in [1.807, 2.05) is 56.3 Å². The van der Waals surface area contributed by atoms with Crippen molar-refractivity contribution in [3.8, 4) is 17.2 Å². The number of benzene rings is 2. The zero-order valence-electron chi connectivity index (χ0n) is 18.8. The highest BCUT2D eigenvalue weighted by Gasteiger charge is 2.23. The van der Waals surface area contributed by atoms with E-state index in [9.17, 15) is 14.9 Å². The molecule has 0 aliphatic carbocycles. The number of ether oxygens (including phenoxy) is 1. The molecule has 1 saturated heterocycles. The summed E-state index contributed by atoms with van der Waals surface area (Å²) in [6.45, 7) is 5.69. The zero-order valence-corrected chi connectivity index (χ0v) is 18.8. The molecule has 8 heteroatoms. The van der Waals surface area contributed by atoms with E-state index in [4.69, 9.17) is 9.15 Å². The lowest BCUT2D eigenvalue weighted by atomic mass is 10.0. The van der Waals surface area contributed by atoms with Crippen molar-refractivity contribution in [2.45, 2.75) is 44.9 Å². The lowest BCUT2D eigenvalue weighted by Crippen LogP contribution is -2.46. The van der Waals surface area contributed by atoms with E-state index in [1.165, 1.54) is 0 Å². The van der Waals surface area contributed by atoms with E-state index in [0.29, 0.717) is 25.2 Å². The molecule has 1 aliphatic heterocycles. The van der Waals surface area contributed by atoms with Crippen LogP contribution in [0.1, 0.15) is 31.9 Å². The normalized spacial score (nSPS) is 17.5. The van der Waals surface area contributed by atoms with Crippen molar-refractivity contribution in [2.24, 2.45) is 0 Å². The highest BCUT2D eigenvalue weighted by atomic mass is 16.5. The summed E-state index contributed by atoms with van der Waals surface area (Å²) in [5.74, 6) is -0.626. The van der Waals surface area contributed by atoms with Crippen LogP contribution in [0.5, 0.6) is 0 Å². The van der Waals surface area contributed by atoms with Crippen LogP contribution < -0.4 is 16.4 Å². The summed E-state index contributed by atoms with van der Waals surface area (Å²) in [7, 11) is 0. The number of hydrogen-bond acceptors (Lipinski definition) is 6. The van der Waals surface area contributed by atoms with Crippen LogP contribution in [0.2, 0.25) is 0 Å². The summed E-state index contributed by atoms with van der Waals surface area (Å²) in [4.78, 5) is 24.6. The Kier molecular flexibility index (Phi) is 6.92. The SMILES string of the molecule is CC(C)n1c(=O)oc2ccc(-c3ccc(C[C@@H](C#N)NC(=O)[C@@H]4CNCCCO4)cc3)cc21. The Morgan fingerprint density at radius 2 is 2.00 bits per heavy atom. The van der Waals surface area contributed by atoms with Crippen LogP contribution in [0.25, 0.3) is 22.2 Å². The first kappa shape index (κ1) is 22.8. The van der Waals surface area contributed by atoms with Crippen LogP contribution in [-0.2, 0) is 16.0 Å². The minimum absolute atomic E-state index is 0.00586. The summed E-state index contributed by atoms with van der Waals surface area (Å²) in [5, 5.41) is 15.5. The van der Waals surface area contributed by atoms with Gasteiger partial charge in [-0.15, -0.1) is 0 Å². The molecule has 1 aliphatic rings. The second-order valence-electron chi connectivity index (χ2n) is 8.52. The Morgan fingerprint density at radius 1 is 1.24 bits per heavy atom. The van der Waals surface area contributed by atoms with Crippen LogP contribution in [-0.4, -0.2) is 42.3 Å². The lowest BCUT2D eigenvalue weighted by Gasteiger charge is -2.18.